The van der Waals surface area contributed by atoms with Crippen LogP contribution in [0.25, 0.3) is 0 Å². The number of rotatable bonds is 1. The Morgan fingerprint density at radius 1 is 1.29 bits per heavy atom. The van der Waals surface area contributed by atoms with Gasteiger partial charge in [-0.3, -0.25) is 0 Å². The van der Waals surface area contributed by atoms with Gasteiger partial charge in [-0.05, 0) is 18.4 Å². The molecule has 14 heavy (non-hydrogen) atoms. The predicted octanol–water partition coefficient (Wildman–Crippen LogP) is 2.46. The van der Waals surface area contributed by atoms with Gasteiger partial charge in [0.05, 0.1) is 11.4 Å². The summed E-state index contributed by atoms with van der Waals surface area (Å²) in [6.45, 7) is 6.54. The molecule has 1 N–H and O–H groups in total. The summed E-state index contributed by atoms with van der Waals surface area (Å²) < 4.78 is 24.1. The highest BCUT2D eigenvalue weighted by molar-refractivity contribution is 7.73. The SMILES string of the molecule is Cc1ccc(C(C)C)cc1.O=S([O-])O. The zero-order valence-corrected chi connectivity index (χ0v) is 9.38. The first-order chi connectivity index (χ1) is 6.43. The van der Waals surface area contributed by atoms with Gasteiger partial charge in [-0.25, -0.2) is 4.21 Å². The van der Waals surface area contributed by atoms with Gasteiger partial charge in [0.1, 0.15) is 0 Å². The van der Waals surface area contributed by atoms with Crippen LogP contribution in [0.15, 0.2) is 24.3 Å². The second-order valence-corrected chi connectivity index (χ2v) is 3.72. The minimum Gasteiger partial charge on any atom is -0.750 e. The van der Waals surface area contributed by atoms with Crippen molar-refractivity contribution in [1.82, 2.24) is 0 Å². The van der Waals surface area contributed by atoms with Gasteiger partial charge in [-0.15, -0.1) is 0 Å². The molecule has 1 rings (SSSR count). The van der Waals surface area contributed by atoms with Gasteiger partial charge in [-0.2, -0.15) is 0 Å². The summed E-state index contributed by atoms with van der Waals surface area (Å²) in [5.41, 5.74) is 2.76. The molecule has 0 fully saturated rings. The Balaban J connectivity index is 0.000000364. The molecule has 0 radical (unpaired) electrons. The van der Waals surface area contributed by atoms with Gasteiger partial charge in [-0.1, -0.05) is 43.7 Å². The fourth-order valence-corrected chi connectivity index (χ4v) is 0.951. The maximum absolute atomic E-state index is 8.56. The Labute approximate surface area is 87.3 Å². The third-order valence-electron chi connectivity index (χ3n) is 1.74. The van der Waals surface area contributed by atoms with E-state index >= 15 is 0 Å². The third-order valence-corrected chi connectivity index (χ3v) is 1.74. The molecule has 1 atom stereocenters. The monoisotopic (exact) mass is 215 g/mol. The Bertz CT molecular complexity index is 276. The highest BCUT2D eigenvalue weighted by Crippen LogP contribution is 2.13. The quantitative estimate of drug-likeness (QED) is 0.732. The zero-order valence-electron chi connectivity index (χ0n) is 8.56. The van der Waals surface area contributed by atoms with Crippen LogP contribution in [0.1, 0.15) is 30.9 Å². The van der Waals surface area contributed by atoms with E-state index in [0.717, 1.165) is 0 Å². The molecule has 0 aliphatic carbocycles. The number of hydrogen-bond acceptors (Lipinski definition) is 2. The van der Waals surface area contributed by atoms with Crippen LogP contribution in [0.4, 0.5) is 0 Å². The molecule has 0 saturated heterocycles. The molecule has 3 nitrogen and oxygen atoms in total. The average molecular weight is 215 g/mol. The van der Waals surface area contributed by atoms with Crippen LogP contribution < -0.4 is 0 Å². The van der Waals surface area contributed by atoms with E-state index in [1.54, 1.807) is 0 Å². The molecule has 0 aliphatic heterocycles. The highest BCUT2D eigenvalue weighted by atomic mass is 32.2. The van der Waals surface area contributed by atoms with E-state index in [1.165, 1.54) is 11.1 Å². The van der Waals surface area contributed by atoms with E-state index in [0.29, 0.717) is 5.92 Å². The van der Waals surface area contributed by atoms with E-state index < -0.39 is 11.4 Å². The lowest BCUT2D eigenvalue weighted by Crippen LogP contribution is -1.85. The lowest BCUT2D eigenvalue weighted by Gasteiger charge is -2.03. The van der Waals surface area contributed by atoms with E-state index in [2.05, 4.69) is 45.0 Å². The minimum absolute atomic E-state index is 0.653. The van der Waals surface area contributed by atoms with Crippen LogP contribution in [0.2, 0.25) is 0 Å². The van der Waals surface area contributed by atoms with E-state index in [4.69, 9.17) is 13.3 Å². The fourth-order valence-electron chi connectivity index (χ4n) is 0.951. The van der Waals surface area contributed by atoms with Crippen molar-refractivity contribution in [2.24, 2.45) is 0 Å². The molecule has 0 bridgehead atoms. The summed E-state index contributed by atoms with van der Waals surface area (Å²) in [7, 11) is 0. The van der Waals surface area contributed by atoms with Crippen LogP contribution in [-0.4, -0.2) is 13.3 Å². The molecule has 0 spiro atoms. The molecule has 0 saturated carbocycles. The molecule has 1 unspecified atom stereocenters. The number of benzene rings is 1. The molecule has 4 heteroatoms. The topological polar surface area (TPSA) is 60.4 Å². The Morgan fingerprint density at radius 3 is 1.93 bits per heavy atom. The smallest absolute Gasteiger partial charge is 0.0814 e. The third kappa shape index (κ3) is 6.77. The largest absolute Gasteiger partial charge is 0.750 e. The summed E-state index contributed by atoms with van der Waals surface area (Å²) in [5, 5.41) is 0. The molecule has 80 valence electrons. The number of aryl methyl sites for hydroxylation is 1. The molecule has 1 aromatic carbocycles. The van der Waals surface area contributed by atoms with Crippen LogP contribution in [0, 0.1) is 6.92 Å². The van der Waals surface area contributed by atoms with Crippen LogP contribution >= 0.6 is 0 Å². The number of hydrogen-bond donors (Lipinski definition) is 1. The standard InChI is InChI=1S/C10H14.H2O3S/c1-8(2)10-6-4-9(3)5-7-10;1-4(2)3/h4-8H,1-3H3;(H2,1,2,3)/p-1. The van der Waals surface area contributed by atoms with Crippen molar-refractivity contribution in [2.75, 3.05) is 0 Å². The summed E-state index contributed by atoms with van der Waals surface area (Å²) in [4.78, 5) is 0. The van der Waals surface area contributed by atoms with Crippen molar-refractivity contribution in [3.05, 3.63) is 35.4 Å². The van der Waals surface area contributed by atoms with Gasteiger partial charge in [0.15, 0.2) is 0 Å². The highest BCUT2D eigenvalue weighted by Gasteiger charge is 1.95. The summed E-state index contributed by atoms with van der Waals surface area (Å²) in [6.07, 6.45) is 0. The summed E-state index contributed by atoms with van der Waals surface area (Å²) in [5.74, 6) is 0.653. The second-order valence-electron chi connectivity index (χ2n) is 3.28. The van der Waals surface area contributed by atoms with Crippen LogP contribution in [0.5, 0.6) is 0 Å². The molecule has 0 heterocycles. The van der Waals surface area contributed by atoms with Crippen molar-refractivity contribution < 1.29 is 13.3 Å². The lowest BCUT2D eigenvalue weighted by molar-refractivity contribution is 0.436. The van der Waals surface area contributed by atoms with Crippen molar-refractivity contribution in [3.8, 4) is 0 Å². The molecule has 1 aromatic rings. The maximum Gasteiger partial charge on any atom is 0.0814 e. The second kappa shape index (κ2) is 6.70. The first-order valence-electron chi connectivity index (χ1n) is 4.28. The molecular formula is C10H15O3S-. The van der Waals surface area contributed by atoms with Gasteiger partial charge in [0.2, 0.25) is 0 Å². The van der Waals surface area contributed by atoms with Crippen molar-refractivity contribution in [1.29, 1.82) is 0 Å². The van der Waals surface area contributed by atoms with E-state index in [1.807, 2.05) is 0 Å². The van der Waals surface area contributed by atoms with Gasteiger partial charge >= 0.3 is 0 Å². The van der Waals surface area contributed by atoms with E-state index in [-0.39, 0.29) is 0 Å². The van der Waals surface area contributed by atoms with Crippen molar-refractivity contribution in [2.45, 2.75) is 26.7 Å². The average Bonchev–Trinajstić information content (AvgIpc) is 2.03. The van der Waals surface area contributed by atoms with Gasteiger partial charge in [0, 0.05) is 0 Å². The minimum atomic E-state index is -2.86. The first kappa shape index (κ1) is 13.3. The van der Waals surface area contributed by atoms with Gasteiger partial charge in [0.25, 0.3) is 0 Å². The Morgan fingerprint density at radius 2 is 1.64 bits per heavy atom. The molecule has 0 aliphatic rings. The van der Waals surface area contributed by atoms with Crippen LogP contribution in [-0.2, 0) is 11.4 Å². The van der Waals surface area contributed by atoms with Crippen molar-refractivity contribution in [3.63, 3.8) is 0 Å². The Hall–Kier alpha value is -0.710. The lowest BCUT2D eigenvalue weighted by atomic mass is 10.0. The summed E-state index contributed by atoms with van der Waals surface area (Å²) in [6, 6.07) is 8.71. The molecule has 0 aromatic heterocycles. The first-order valence-corrected chi connectivity index (χ1v) is 5.31. The molecular weight excluding hydrogens is 200 g/mol. The van der Waals surface area contributed by atoms with Crippen molar-refractivity contribution >= 4 is 11.4 Å². The fraction of sp³-hybridized carbons (Fsp3) is 0.400. The maximum atomic E-state index is 8.56. The van der Waals surface area contributed by atoms with E-state index in [9.17, 15) is 0 Å². The van der Waals surface area contributed by atoms with Crippen LogP contribution in [0.3, 0.4) is 0 Å². The Kier molecular flexibility index (Phi) is 6.36. The van der Waals surface area contributed by atoms with Gasteiger partial charge < -0.3 is 9.11 Å². The predicted molar refractivity (Wildman–Crippen MR) is 56.8 cm³/mol. The molecule has 0 amide bonds. The zero-order chi connectivity index (χ0) is 11.1. The normalized spacial score (nSPS) is 11.9. The summed E-state index contributed by atoms with van der Waals surface area (Å²) >= 11 is -2.86.